The van der Waals surface area contributed by atoms with E-state index in [0.717, 1.165) is 0 Å². The first kappa shape index (κ1) is 22.1. The molecule has 3 N–H and O–H groups in total. The molecule has 0 aromatic heterocycles. The Kier molecular flexibility index (Phi) is 7.88. The predicted octanol–water partition coefficient (Wildman–Crippen LogP) is 2.42. The number of benzene rings is 2. The van der Waals surface area contributed by atoms with Gasteiger partial charge in [-0.1, -0.05) is 12.1 Å². The minimum absolute atomic E-state index is 0.00758. The number of hydrogen-bond acceptors (Lipinski definition) is 8. The lowest BCUT2D eigenvalue weighted by atomic mass is 10.0. The summed E-state index contributed by atoms with van der Waals surface area (Å²) in [5, 5.41) is 29.6. The molecule has 0 spiro atoms. The van der Waals surface area contributed by atoms with Gasteiger partial charge in [0.1, 0.15) is 18.8 Å². The third-order valence-corrected chi connectivity index (χ3v) is 4.15. The van der Waals surface area contributed by atoms with Crippen molar-refractivity contribution in [3.05, 3.63) is 53.6 Å². The quantitative estimate of drug-likeness (QED) is 0.431. The van der Waals surface area contributed by atoms with Gasteiger partial charge < -0.3 is 34.3 Å². The summed E-state index contributed by atoms with van der Waals surface area (Å²) in [7, 11) is 4.25. The Morgan fingerprint density at radius 2 is 1.62 bits per heavy atom. The number of phenolic OH excluding ortho intramolecular Hbond substituents is 2. The molecular weight excluding hydrogens is 380 g/mol. The first-order valence-electron chi connectivity index (χ1n) is 8.69. The van der Waals surface area contributed by atoms with Gasteiger partial charge in [-0.05, 0) is 41.5 Å². The highest BCUT2D eigenvalue weighted by Gasteiger charge is 2.23. The molecule has 156 valence electrons. The number of aromatic hydroxyl groups is 2. The second-order valence-corrected chi connectivity index (χ2v) is 6.05. The van der Waals surface area contributed by atoms with Crippen LogP contribution in [0.3, 0.4) is 0 Å². The number of carbonyl (C=O) groups excluding carboxylic acids is 1. The lowest BCUT2D eigenvalue weighted by molar-refractivity contribution is -0.143. The predicted molar refractivity (Wildman–Crippen MR) is 105 cm³/mol. The van der Waals surface area contributed by atoms with Gasteiger partial charge in [0.25, 0.3) is 0 Å². The van der Waals surface area contributed by atoms with Crippen LogP contribution in [0.1, 0.15) is 17.2 Å². The number of aliphatic hydroxyl groups is 1. The van der Waals surface area contributed by atoms with Crippen LogP contribution >= 0.6 is 0 Å². The molecular formula is C21H24O8. The standard InChI is InChI=1S/C21H24O8/c1-26-18-10-13(4-7-15(18)22)5-9-20(25)29-12-17(24)21(28-3)14-6-8-16(23)19(11-14)27-2/h4-11,17,21-24H,12H2,1-3H3/b9-5+/t17-,21-/m0/s1. The molecule has 0 saturated carbocycles. The van der Waals surface area contributed by atoms with Crippen LogP contribution in [-0.2, 0) is 14.3 Å². The van der Waals surface area contributed by atoms with Crippen molar-refractivity contribution in [3.8, 4) is 23.0 Å². The maximum absolute atomic E-state index is 11.9. The SMILES string of the molecule is COc1cc(/C=C/C(=O)OC[C@H](O)[C@@H](OC)c2ccc(O)c(OC)c2)ccc1O. The van der Waals surface area contributed by atoms with Crippen molar-refractivity contribution in [1.29, 1.82) is 0 Å². The number of carbonyl (C=O) groups is 1. The topological polar surface area (TPSA) is 115 Å². The summed E-state index contributed by atoms with van der Waals surface area (Å²) in [6.45, 7) is -0.302. The minimum Gasteiger partial charge on any atom is -0.504 e. The Morgan fingerprint density at radius 1 is 1.00 bits per heavy atom. The van der Waals surface area contributed by atoms with E-state index in [1.807, 2.05) is 0 Å². The number of aliphatic hydroxyl groups excluding tert-OH is 1. The van der Waals surface area contributed by atoms with Gasteiger partial charge in [0, 0.05) is 13.2 Å². The fraction of sp³-hybridized carbons (Fsp3) is 0.286. The molecule has 0 heterocycles. The third kappa shape index (κ3) is 5.87. The minimum atomic E-state index is -1.14. The molecule has 29 heavy (non-hydrogen) atoms. The molecule has 0 aliphatic rings. The summed E-state index contributed by atoms with van der Waals surface area (Å²) in [6.07, 6.45) is 0.766. The second-order valence-electron chi connectivity index (χ2n) is 6.05. The van der Waals surface area contributed by atoms with Crippen molar-refractivity contribution in [2.24, 2.45) is 0 Å². The smallest absolute Gasteiger partial charge is 0.330 e. The van der Waals surface area contributed by atoms with Crippen LogP contribution in [0.25, 0.3) is 6.08 Å². The molecule has 8 nitrogen and oxygen atoms in total. The van der Waals surface area contributed by atoms with E-state index in [4.69, 9.17) is 18.9 Å². The molecule has 8 heteroatoms. The lowest BCUT2D eigenvalue weighted by Crippen LogP contribution is -2.26. The highest BCUT2D eigenvalue weighted by atomic mass is 16.5. The Bertz CT molecular complexity index is 862. The van der Waals surface area contributed by atoms with Crippen LogP contribution in [0.5, 0.6) is 23.0 Å². The molecule has 0 fully saturated rings. The van der Waals surface area contributed by atoms with Crippen molar-refractivity contribution in [1.82, 2.24) is 0 Å². The Labute approximate surface area is 168 Å². The van der Waals surface area contributed by atoms with Gasteiger partial charge in [-0.2, -0.15) is 0 Å². The normalized spacial score (nSPS) is 13.1. The largest absolute Gasteiger partial charge is 0.504 e. The van der Waals surface area contributed by atoms with E-state index in [1.54, 1.807) is 18.2 Å². The van der Waals surface area contributed by atoms with Gasteiger partial charge in [-0.15, -0.1) is 0 Å². The molecule has 0 bridgehead atoms. The van der Waals surface area contributed by atoms with Crippen molar-refractivity contribution in [2.45, 2.75) is 12.2 Å². The Morgan fingerprint density at radius 3 is 2.24 bits per heavy atom. The van der Waals surface area contributed by atoms with Crippen LogP contribution in [0.15, 0.2) is 42.5 Å². The summed E-state index contributed by atoms with van der Waals surface area (Å²) in [6, 6.07) is 9.15. The van der Waals surface area contributed by atoms with Crippen LogP contribution in [0, 0.1) is 0 Å². The zero-order valence-electron chi connectivity index (χ0n) is 16.4. The van der Waals surface area contributed by atoms with Crippen molar-refractivity contribution < 1.29 is 39.1 Å². The van der Waals surface area contributed by atoms with Gasteiger partial charge in [0.2, 0.25) is 0 Å². The first-order chi connectivity index (χ1) is 13.9. The molecule has 2 atom stereocenters. The lowest BCUT2D eigenvalue weighted by Gasteiger charge is -2.22. The van der Waals surface area contributed by atoms with Crippen LogP contribution in [0.4, 0.5) is 0 Å². The summed E-state index contributed by atoms with van der Waals surface area (Å²) < 4.78 is 20.4. The first-order valence-corrected chi connectivity index (χ1v) is 8.69. The highest BCUT2D eigenvalue weighted by Crippen LogP contribution is 2.31. The van der Waals surface area contributed by atoms with Crippen LogP contribution in [0.2, 0.25) is 0 Å². The molecule has 0 aliphatic heterocycles. The summed E-state index contributed by atoms with van der Waals surface area (Å²) in [4.78, 5) is 11.9. The maximum atomic E-state index is 11.9. The second kappa shape index (κ2) is 10.4. The van der Waals surface area contributed by atoms with Gasteiger partial charge in [0.05, 0.1) is 14.2 Å². The third-order valence-electron chi connectivity index (χ3n) is 4.15. The van der Waals surface area contributed by atoms with E-state index in [-0.39, 0.29) is 29.6 Å². The van der Waals surface area contributed by atoms with E-state index >= 15 is 0 Å². The van der Waals surface area contributed by atoms with Gasteiger partial charge >= 0.3 is 5.97 Å². The molecule has 0 amide bonds. The zero-order valence-corrected chi connectivity index (χ0v) is 16.4. The number of methoxy groups -OCH3 is 3. The van der Waals surface area contributed by atoms with Crippen LogP contribution < -0.4 is 9.47 Å². The van der Waals surface area contributed by atoms with E-state index in [0.29, 0.717) is 11.1 Å². The highest BCUT2D eigenvalue weighted by molar-refractivity contribution is 5.87. The number of phenols is 2. The molecule has 2 aromatic rings. The molecule has 0 radical (unpaired) electrons. The number of rotatable bonds is 9. The summed E-state index contributed by atoms with van der Waals surface area (Å²) >= 11 is 0. The van der Waals surface area contributed by atoms with E-state index in [1.165, 1.54) is 51.7 Å². The summed E-state index contributed by atoms with van der Waals surface area (Å²) in [5.41, 5.74) is 1.18. The van der Waals surface area contributed by atoms with Gasteiger partial charge in [-0.3, -0.25) is 0 Å². The molecule has 2 rings (SSSR count). The summed E-state index contributed by atoms with van der Waals surface area (Å²) in [5.74, 6) is -0.187. The number of hydrogen-bond donors (Lipinski definition) is 3. The molecule has 0 saturated heterocycles. The number of ether oxygens (including phenoxy) is 4. The Balaban J connectivity index is 1.97. The van der Waals surface area contributed by atoms with Crippen molar-refractivity contribution >= 4 is 12.0 Å². The monoisotopic (exact) mass is 404 g/mol. The average Bonchev–Trinajstić information content (AvgIpc) is 2.73. The van der Waals surface area contributed by atoms with E-state index < -0.39 is 18.2 Å². The molecule has 2 aromatic carbocycles. The van der Waals surface area contributed by atoms with Gasteiger partial charge in [0.15, 0.2) is 23.0 Å². The van der Waals surface area contributed by atoms with Crippen molar-refractivity contribution in [2.75, 3.05) is 27.9 Å². The van der Waals surface area contributed by atoms with Crippen molar-refractivity contribution in [3.63, 3.8) is 0 Å². The molecule has 0 aliphatic carbocycles. The number of esters is 1. The maximum Gasteiger partial charge on any atom is 0.330 e. The fourth-order valence-electron chi connectivity index (χ4n) is 2.65. The molecule has 0 unspecified atom stereocenters. The average molecular weight is 404 g/mol. The Hall–Kier alpha value is -3.23. The van der Waals surface area contributed by atoms with E-state index in [2.05, 4.69) is 0 Å². The van der Waals surface area contributed by atoms with Gasteiger partial charge in [-0.25, -0.2) is 4.79 Å². The van der Waals surface area contributed by atoms with Crippen LogP contribution in [-0.4, -0.2) is 55.3 Å². The fourth-order valence-corrected chi connectivity index (χ4v) is 2.65. The van der Waals surface area contributed by atoms with E-state index in [9.17, 15) is 20.1 Å². The zero-order chi connectivity index (χ0) is 21.4.